The Balaban J connectivity index is 2.16. The molecule has 0 aliphatic rings. The van der Waals surface area contributed by atoms with Gasteiger partial charge in [0.15, 0.2) is 0 Å². The molecule has 2 aromatic carbocycles. The molecule has 0 radical (unpaired) electrons. The molecule has 0 heterocycles. The lowest BCUT2D eigenvalue weighted by Crippen LogP contribution is -2.02. The van der Waals surface area contributed by atoms with Crippen LogP contribution in [0.5, 0.6) is 11.5 Å². The third kappa shape index (κ3) is 3.32. The SMILES string of the molecule is COc1ccc(OC)c(CNc2ccccc2Cl)c1. The molecule has 19 heavy (non-hydrogen) atoms. The van der Waals surface area contributed by atoms with Gasteiger partial charge in [0.25, 0.3) is 0 Å². The first-order valence-electron chi connectivity index (χ1n) is 5.94. The van der Waals surface area contributed by atoms with E-state index >= 15 is 0 Å². The van der Waals surface area contributed by atoms with E-state index in [1.807, 2.05) is 42.5 Å². The highest BCUT2D eigenvalue weighted by Gasteiger charge is 2.06. The molecule has 0 amide bonds. The number of para-hydroxylation sites is 1. The molecule has 0 atom stereocenters. The third-order valence-corrected chi connectivity index (χ3v) is 3.16. The summed E-state index contributed by atoms with van der Waals surface area (Å²) < 4.78 is 10.6. The molecular formula is C15H16ClNO2. The maximum Gasteiger partial charge on any atom is 0.124 e. The van der Waals surface area contributed by atoms with Gasteiger partial charge < -0.3 is 14.8 Å². The van der Waals surface area contributed by atoms with E-state index in [2.05, 4.69) is 5.32 Å². The van der Waals surface area contributed by atoms with Gasteiger partial charge in [-0.15, -0.1) is 0 Å². The van der Waals surface area contributed by atoms with Crippen LogP contribution in [0.4, 0.5) is 5.69 Å². The molecule has 4 heteroatoms. The summed E-state index contributed by atoms with van der Waals surface area (Å²) in [5.74, 6) is 1.62. The number of ether oxygens (including phenoxy) is 2. The molecule has 0 bridgehead atoms. The van der Waals surface area contributed by atoms with E-state index < -0.39 is 0 Å². The van der Waals surface area contributed by atoms with Crippen molar-refractivity contribution in [3.63, 3.8) is 0 Å². The Labute approximate surface area is 118 Å². The molecule has 2 aromatic rings. The van der Waals surface area contributed by atoms with E-state index in [9.17, 15) is 0 Å². The first-order chi connectivity index (χ1) is 9.24. The van der Waals surface area contributed by atoms with Crippen molar-refractivity contribution >= 4 is 17.3 Å². The third-order valence-electron chi connectivity index (χ3n) is 2.83. The van der Waals surface area contributed by atoms with Crippen LogP contribution in [0.1, 0.15) is 5.56 Å². The van der Waals surface area contributed by atoms with Gasteiger partial charge in [0.2, 0.25) is 0 Å². The molecule has 0 aliphatic heterocycles. The summed E-state index contributed by atoms with van der Waals surface area (Å²) in [7, 11) is 3.30. The number of hydrogen-bond donors (Lipinski definition) is 1. The smallest absolute Gasteiger partial charge is 0.124 e. The number of anilines is 1. The Kier molecular flexibility index (Phi) is 4.53. The van der Waals surface area contributed by atoms with Gasteiger partial charge in [-0.1, -0.05) is 23.7 Å². The highest BCUT2D eigenvalue weighted by molar-refractivity contribution is 6.33. The maximum absolute atomic E-state index is 6.10. The highest BCUT2D eigenvalue weighted by atomic mass is 35.5. The van der Waals surface area contributed by atoms with Crippen LogP contribution in [0.25, 0.3) is 0 Å². The fourth-order valence-corrected chi connectivity index (χ4v) is 2.02. The predicted octanol–water partition coefficient (Wildman–Crippen LogP) is 3.97. The average molecular weight is 278 g/mol. The first-order valence-corrected chi connectivity index (χ1v) is 6.31. The number of halogens is 1. The van der Waals surface area contributed by atoms with Crippen LogP contribution < -0.4 is 14.8 Å². The van der Waals surface area contributed by atoms with Gasteiger partial charge in [-0.2, -0.15) is 0 Å². The standard InChI is InChI=1S/C15H16ClNO2/c1-18-12-7-8-15(19-2)11(9-12)10-17-14-6-4-3-5-13(14)16/h3-9,17H,10H2,1-2H3. The Bertz CT molecular complexity index is 558. The number of methoxy groups -OCH3 is 2. The van der Waals surface area contributed by atoms with Gasteiger partial charge in [-0.25, -0.2) is 0 Å². The Morgan fingerprint density at radius 3 is 2.53 bits per heavy atom. The minimum Gasteiger partial charge on any atom is -0.497 e. The van der Waals surface area contributed by atoms with Crippen LogP contribution in [0.15, 0.2) is 42.5 Å². The Hall–Kier alpha value is -1.87. The van der Waals surface area contributed by atoms with Crippen molar-refractivity contribution in [2.75, 3.05) is 19.5 Å². The summed E-state index contributed by atoms with van der Waals surface area (Å²) in [4.78, 5) is 0. The zero-order valence-electron chi connectivity index (χ0n) is 10.9. The van der Waals surface area contributed by atoms with E-state index in [0.717, 1.165) is 22.7 Å². The van der Waals surface area contributed by atoms with Crippen molar-refractivity contribution in [1.29, 1.82) is 0 Å². The number of hydrogen-bond acceptors (Lipinski definition) is 3. The quantitative estimate of drug-likeness (QED) is 0.897. The lowest BCUT2D eigenvalue weighted by atomic mass is 10.2. The monoisotopic (exact) mass is 277 g/mol. The zero-order valence-corrected chi connectivity index (χ0v) is 11.7. The van der Waals surface area contributed by atoms with Gasteiger partial charge in [-0.05, 0) is 30.3 Å². The van der Waals surface area contributed by atoms with E-state index in [-0.39, 0.29) is 0 Å². The molecule has 3 nitrogen and oxygen atoms in total. The van der Waals surface area contributed by atoms with Gasteiger partial charge in [0.05, 0.1) is 24.9 Å². The zero-order chi connectivity index (χ0) is 13.7. The molecular weight excluding hydrogens is 262 g/mol. The van der Waals surface area contributed by atoms with Gasteiger partial charge >= 0.3 is 0 Å². The summed E-state index contributed by atoms with van der Waals surface area (Å²) in [5.41, 5.74) is 1.91. The van der Waals surface area contributed by atoms with Gasteiger partial charge in [0, 0.05) is 12.1 Å². The lowest BCUT2D eigenvalue weighted by Gasteiger charge is -2.12. The fraction of sp³-hybridized carbons (Fsp3) is 0.200. The van der Waals surface area contributed by atoms with E-state index in [1.165, 1.54) is 0 Å². The van der Waals surface area contributed by atoms with Crippen LogP contribution >= 0.6 is 11.6 Å². The Morgan fingerprint density at radius 1 is 1.05 bits per heavy atom. The van der Waals surface area contributed by atoms with Crippen LogP contribution in [0.3, 0.4) is 0 Å². The van der Waals surface area contributed by atoms with E-state index in [1.54, 1.807) is 14.2 Å². The molecule has 0 spiro atoms. The molecule has 0 saturated carbocycles. The van der Waals surface area contributed by atoms with Gasteiger partial charge in [-0.3, -0.25) is 0 Å². The van der Waals surface area contributed by atoms with Crippen LogP contribution in [-0.2, 0) is 6.54 Å². The summed E-state index contributed by atoms with van der Waals surface area (Å²) >= 11 is 6.10. The second-order valence-electron chi connectivity index (χ2n) is 4.01. The molecule has 1 N–H and O–H groups in total. The highest BCUT2D eigenvalue weighted by Crippen LogP contribution is 2.26. The largest absolute Gasteiger partial charge is 0.497 e. The van der Waals surface area contributed by atoms with Gasteiger partial charge in [0.1, 0.15) is 11.5 Å². The maximum atomic E-state index is 6.10. The minimum atomic E-state index is 0.615. The number of nitrogens with one attached hydrogen (secondary N) is 1. The summed E-state index contributed by atoms with van der Waals surface area (Å²) in [6.45, 7) is 0.615. The number of rotatable bonds is 5. The number of benzene rings is 2. The normalized spacial score (nSPS) is 10.1. The summed E-state index contributed by atoms with van der Waals surface area (Å²) in [6, 6.07) is 13.3. The summed E-state index contributed by atoms with van der Waals surface area (Å²) in [6.07, 6.45) is 0. The topological polar surface area (TPSA) is 30.5 Å². The molecule has 0 fully saturated rings. The molecule has 0 aromatic heterocycles. The van der Waals surface area contributed by atoms with Crippen molar-refractivity contribution in [3.05, 3.63) is 53.1 Å². The second-order valence-corrected chi connectivity index (χ2v) is 4.42. The first kappa shape index (κ1) is 13.6. The van der Waals surface area contributed by atoms with Crippen LogP contribution in [0.2, 0.25) is 5.02 Å². The van der Waals surface area contributed by atoms with Crippen LogP contribution in [0, 0.1) is 0 Å². The Morgan fingerprint density at radius 2 is 1.84 bits per heavy atom. The molecule has 2 rings (SSSR count). The molecule has 0 unspecified atom stereocenters. The fourth-order valence-electron chi connectivity index (χ4n) is 1.82. The summed E-state index contributed by atoms with van der Waals surface area (Å²) in [5, 5.41) is 3.99. The molecule has 0 saturated heterocycles. The van der Waals surface area contributed by atoms with Crippen molar-refractivity contribution < 1.29 is 9.47 Å². The average Bonchev–Trinajstić information content (AvgIpc) is 2.46. The van der Waals surface area contributed by atoms with Crippen molar-refractivity contribution in [3.8, 4) is 11.5 Å². The molecule has 0 aliphatic carbocycles. The second kappa shape index (κ2) is 6.34. The molecule has 100 valence electrons. The lowest BCUT2D eigenvalue weighted by molar-refractivity contribution is 0.399. The van der Waals surface area contributed by atoms with E-state index in [4.69, 9.17) is 21.1 Å². The van der Waals surface area contributed by atoms with Crippen molar-refractivity contribution in [1.82, 2.24) is 0 Å². The minimum absolute atomic E-state index is 0.615. The predicted molar refractivity (Wildman–Crippen MR) is 78.3 cm³/mol. The van der Waals surface area contributed by atoms with Crippen LogP contribution in [-0.4, -0.2) is 14.2 Å². The van der Waals surface area contributed by atoms with Crippen molar-refractivity contribution in [2.24, 2.45) is 0 Å². The van der Waals surface area contributed by atoms with Crippen molar-refractivity contribution in [2.45, 2.75) is 6.54 Å². The van der Waals surface area contributed by atoms with E-state index in [0.29, 0.717) is 11.6 Å².